The van der Waals surface area contributed by atoms with Gasteiger partial charge in [0.05, 0.1) is 24.9 Å². The van der Waals surface area contributed by atoms with Gasteiger partial charge < -0.3 is 17.7 Å². The molecule has 0 spiro atoms. The molecule has 4 nitrogen and oxygen atoms in total. The fourth-order valence-corrected chi connectivity index (χ4v) is 2.07. The number of nitrogens with two attached hydrogens (primary N) is 1. The van der Waals surface area contributed by atoms with E-state index in [-0.39, 0.29) is 12.4 Å². The van der Waals surface area contributed by atoms with E-state index in [0.717, 1.165) is 18.7 Å². The second-order valence-electron chi connectivity index (χ2n) is 4.72. The van der Waals surface area contributed by atoms with Crippen LogP contribution in [-0.4, -0.2) is 18.1 Å². The van der Waals surface area contributed by atoms with Crippen molar-refractivity contribution in [1.82, 2.24) is 5.01 Å². The van der Waals surface area contributed by atoms with Gasteiger partial charge in [0.25, 0.3) is 0 Å². The number of nitrogens with zero attached hydrogens (tertiary/aromatic N) is 2. The molecule has 2 rings (SSSR count). The van der Waals surface area contributed by atoms with Gasteiger partial charge in [-0.3, -0.25) is 5.01 Å². The summed E-state index contributed by atoms with van der Waals surface area (Å²) in [5, 5.41) is 6.85. The SMILES string of the molecule is O=NN(CC[NH2+]Cc1ccccc1)Cc1ccccc1.[Cl-]. The van der Waals surface area contributed by atoms with Crippen molar-refractivity contribution < 1.29 is 17.7 Å². The van der Waals surface area contributed by atoms with E-state index in [9.17, 15) is 4.91 Å². The lowest BCUT2D eigenvalue weighted by molar-refractivity contribution is -0.670. The van der Waals surface area contributed by atoms with Crippen LogP contribution in [0.15, 0.2) is 65.9 Å². The summed E-state index contributed by atoms with van der Waals surface area (Å²) in [5.74, 6) is 0. The Hall–Kier alpha value is -1.91. The first-order chi connectivity index (χ1) is 9.88. The molecule has 2 N–H and O–H groups in total. The molecule has 0 atom stereocenters. The molecule has 0 unspecified atom stereocenters. The summed E-state index contributed by atoms with van der Waals surface area (Å²) >= 11 is 0. The van der Waals surface area contributed by atoms with Gasteiger partial charge in [-0.1, -0.05) is 60.7 Å². The van der Waals surface area contributed by atoms with Crippen LogP contribution in [0.25, 0.3) is 0 Å². The van der Waals surface area contributed by atoms with E-state index >= 15 is 0 Å². The maximum Gasteiger partial charge on any atom is 0.101 e. The van der Waals surface area contributed by atoms with E-state index in [1.54, 1.807) is 5.01 Å². The molecule has 21 heavy (non-hydrogen) atoms. The molecule has 0 heterocycles. The molecule has 2 aromatic rings. The summed E-state index contributed by atoms with van der Waals surface area (Å²) < 4.78 is 0. The number of hydrogen-bond acceptors (Lipinski definition) is 2. The zero-order valence-electron chi connectivity index (χ0n) is 11.9. The molecular formula is C16H20ClN3O. The van der Waals surface area contributed by atoms with Crippen LogP contribution in [0.2, 0.25) is 0 Å². The second kappa shape index (κ2) is 9.91. The molecule has 0 aromatic heterocycles. The maximum atomic E-state index is 10.8. The highest BCUT2D eigenvalue weighted by molar-refractivity contribution is 5.14. The molecule has 0 saturated heterocycles. The number of benzene rings is 2. The molecule has 0 aliphatic rings. The zero-order chi connectivity index (χ0) is 14.0. The van der Waals surface area contributed by atoms with Crippen molar-refractivity contribution in [3.05, 3.63) is 76.7 Å². The van der Waals surface area contributed by atoms with Crippen LogP contribution in [0.1, 0.15) is 11.1 Å². The van der Waals surface area contributed by atoms with Gasteiger partial charge in [-0.05, 0) is 5.56 Å². The van der Waals surface area contributed by atoms with Crippen molar-refractivity contribution in [2.45, 2.75) is 13.1 Å². The fraction of sp³-hybridized carbons (Fsp3) is 0.250. The third-order valence-electron chi connectivity index (χ3n) is 3.14. The molecule has 0 aliphatic heterocycles. The van der Waals surface area contributed by atoms with Gasteiger partial charge >= 0.3 is 0 Å². The van der Waals surface area contributed by atoms with Crippen LogP contribution in [0.5, 0.6) is 0 Å². The normalized spacial score (nSPS) is 9.71. The maximum absolute atomic E-state index is 10.8. The Labute approximate surface area is 131 Å². The molecule has 0 bridgehead atoms. The first kappa shape index (κ1) is 17.1. The van der Waals surface area contributed by atoms with E-state index in [4.69, 9.17) is 0 Å². The van der Waals surface area contributed by atoms with Crippen LogP contribution < -0.4 is 17.7 Å². The smallest absolute Gasteiger partial charge is 0.101 e. The number of halogens is 1. The molecule has 112 valence electrons. The fourth-order valence-electron chi connectivity index (χ4n) is 2.07. The van der Waals surface area contributed by atoms with Crippen molar-refractivity contribution in [3.8, 4) is 0 Å². The average Bonchev–Trinajstić information content (AvgIpc) is 2.52. The molecular weight excluding hydrogens is 286 g/mol. The van der Waals surface area contributed by atoms with Gasteiger partial charge in [-0.25, -0.2) is 0 Å². The van der Waals surface area contributed by atoms with Gasteiger partial charge in [0.2, 0.25) is 0 Å². The number of nitroso groups, excluding NO2 is 1. The standard InChI is InChI=1S/C16H19N3O.ClH/c20-18-19(14-16-9-5-2-6-10-16)12-11-17-13-15-7-3-1-4-8-15;/h1-10,17H,11-14H2;1H. The Morgan fingerprint density at radius 3 is 2.05 bits per heavy atom. The lowest BCUT2D eigenvalue weighted by atomic mass is 10.2. The Balaban J connectivity index is 0.00000220. The predicted molar refractivity (Wildman–Crippen MR) is 79.6 cm³/mol. The van der Waals surface area contributed by atoms with Crippen LogP contribution >= 0.6 is 0 Å². The van der Waals surface area contributed by atoms with Gasteiger partial charge in [0.15, 0.2) is 0 Å². The highest BCUT2D eigenvalue weighted by Gasteiger charge is 2.05. The second-order valence-corrected chi connectivity index (χ2v) is 4.72. The largest absolute Gasteiger partial charge is 1.00 e. The summed E-state index contributed by atoms with van der Waals surface area (Å²) in [6, 6.07) is 20.2. The number of rotatable bonds is 8. The minimum absolute atomic E-state index is 0. The first-order valence-electron chi connectivity index (χ1n) is 6.86. The predicted octanol–water partition coefficient (Wildman–Crippen LogP) is -1.06. The molecule has 0 fully saturated rings. The number of quaternary nitrogens is 1. The van der Waals surface area contributed by atoms with Gasteiger partial charge in [-0.2, -0.15) is 0 Å². The molecule has 5 heteroatoms. The van der Waals surface area contributed by atoms with Crippen LogP contribution in [0, 0.1) is 4.91 Å². The van der Waals surface area contributed by atoms with E-state index < -0.39 is 0 Å². The van der Waals surface area contributed by atoms with E-state index in [0.29, 0.717) is 13.1 Å². The Morgan fingerprint density at radius 2 is 1.48 bits per heavy atom. The quantitative estimate of drug-likeness (QED) is 0.384. The van der Waals surface area contributed by atoms with Gasteiger partial charge in [0, 0.05) is 5.56 Å². The van der Waals surface area contributed by atoms with E-state index in [1.165, 1.54) is 5.56 Å². The highest BCUT2D eigenvalue weighted by atomic mass is 35.5. The molecule has 0 amide bonds. The molecule has 0 radical (unpaired) electrons. The topological polar surface area (TPSA) is 49.3 Å². The van der Waals surface area contributed by atoms with E-state index in [2.05, 4.69) is 22.7 Å². The summed E-state index contributed by atoms with van der Waals surface area (Å²) in [6.45, 7) is 3.01. The average molecular weight is 306 g/mol. The summed E-state index contributed by atoms with van der Waals surface area (Å²) in [6.07, 6.45) is 0. The third-order valence-corrected chi connectivity index (χ3v) is 3.14. The molecule has 2 aromatic carbocycles. The van der Waals surface area contributed by atoms with Crippen LogP contribution in [0.4, 0.5) is 0 Å². The lowest BCUT2D eigenvalue weighted by Gasteiger charge is -2.14. The number of hydrogen-bond donors (Lipinski definition) is 1. The van der Waals surface area contributed by atoms with E-state index in [1.807, 2.05) is 48.5 Å². The zero-order valence-corrected chi connectivity index (χ0v) is 12.6. The first-order valence-corrected chi connectivity index (χ1v) is 6.86. The van der Waals surface area contributed by atoms with Crippen LogP contribution in [-0.2, 0) is 13.1 Å². The Bertz CT molecular complexity index is 507. The van der Waals surface area contributed by atoms with Crippen molar-refractivity contribution in [2.24, 2.45) is 5.29 Å². The highest BCUT2D eigenvalue weighted by Crippen LogP contribution is 2.03. The Morgan fingerprint density at radius 1 is 0.905 bits per heavy atom. The lowest BCUT2D eigenvalue weighted by Crippen LogP contribution is -3.00. The van der Waals surface area contributed by atoms with Crippen molar-refractivity contribution in [2.75, 3.05) is 13.1 Å². The molecule has 0 saturated carbocycles. The van der Waals surface area contributed by atoms with Crippen LogP contribution in [0.3, 0.4) is 0 Å². The van der Waals surface area contributed by atoms with Crippen molar-refractivity contribution >= 4 is 0 Å². The summed E-state index contributed by atoms with van der Waals surface area (Å²) in [5.41, 5.74) is 2.40. The summed E-state index contributed by atoms with van der Waals surface area (Å²) in [7, 11) is 0. The van der Waals surface area contributed by atoms with Crippen molar-refractivity contribution in [3.63, 3.8) is 0 Å². The van der Waals surface area contributed by atoms with Crippen molar-refractivity contribution in [1.29, 1.82) is 0 Å². The summed E-state index contributed by atoms with van der Waals surface area (Å²) in [4.78, 5) is 10.8. The minimum atomic E-state index is 0. The van der Waals surface area contributed by atoms with Gasteiger partial charge in [-0.15, -0.1) is 4.91 Å². The molecule has 0 aliphatic carbocycles. The van der Waals surface area contributed by atoms with Gasteiger partial charge in [0.1, 0.15) is 6.54 Å². The minimum Gasteiger partial charge on any atom is -1.00 e. The third kappa shape index (κ3) is 6.38. The Kier molecular flexibility index (Phi) is 8.09. The monoisotopic (exact) mass is 305 g/mol.